The Hall–Kier alpha value is -2.10. The van der Waals surface area contributed by atoms with Gasteiger partial charge in [-0.3, -0.25) is 4.79 Å². The lowest BCUT2D eigenvalue weighted by molar-refractivity contribution is -0.0167. The third-order valence-corrected chi connectivity index (χ3v) is 6.56. The molecule has 25 heavy (non-hydrogen) atoms. The standard InChI is InChI=1S/C21H25N3O/c25-20(19-3-1-15(2-4-19)13-24-6-5-22-14-24)23-21-10-16-7-17(11-21)9-18(8-16)12-21/h1-6,14,16-18H,7-13H2,(H,23,25). The smallest absolute Gasteiger partial charge is 0.251 e. The van der Waals surface area contributed by atoms with Gasteiger partial charge < -0.3 is 9.88 Å². The van der Waals surface area contributed by atoms with Crippen molar-refractivity contribution in [2.24, 2.45) is 17.8 Å². The van der Waals surface area contributed by atoms with Gasteiger partial charge in [0.15, 0.2) is 0 Å². The Morgan fingerprint density at radius 1 is 1.08 bits per heavy atom. The van der Waals surface area contributed by atoms with Crippen LogP contribution in [0.2, 0.25) is 0 Å². The Morgan fingerprint density at radius 3 is 2.28 bits per heavy atom. The third-order valence-electron chi connectivity index (χ3n) is 6.56. The van der Waals surface area contributed by atoms with E-state index >= 15 is 0 Å². The lowest BCUT2D eigenvalue weighted by atomic mass is 9.53. The molecular formula is C21H25N3O. The van der Waals surface area contributed by atoms with E-state index in [1.54, 1.807) is 6.20 Å². The Morgan fingerprint density at radius 2 is 1.72 bits per heavy atom. The van der Waals surface area contributed by atoms with Crippen molar-refractivity contribution in [1.29, 1.82) is 0 Å². The fourth-order valence-electron chi connectivity index (χ4n) is 5.93. The average Bonchev–Trinajstić information content (AvgIpc) is 3.06. The quantitative estimate of drug-likeness (QED) is 0.927. The number of benzene rings is 1. The van der Waals surface area contributed by atoms with Gasteiger partial charge in [0.25, 0.3) is 5.91 Å². The summed E-state index contributed by atoms with van der Waals surface area (Å²) < 4.78 is 2.03. The molecule has 2 aromatic rings. The molecule has 1 N–H and O–H groups in total. The molecular weight excluding hydrogens is 310 g/mol. The molecule has 1 aromatic heterocycles. The normalized spacial score (nSPS) is 32.7. The number of aromatic nitrogens is 2. The van der Waals surface area contributed by atoms with Crippen LogP contribution in [-0.4, -0.2) is 21.0 Å². The van der Waals surface area contributed by atoms with Crippen molar-refractivity contribution in [2.75, 3.05) is 0 Å². The number of hydrogen-bond acceptors (Lipinski definition) is 2. The van der Waals surface area contributed by atoms with E-state index in [1.807, 2.05) is 29.2 Å². The number of carbonyl (C=O) groups is 1. The maximum atomic E-state index is 12.8. The SMILES string of the molecule is O=C(NC12CC3CC(CC(C3)C1)C2)c1ccc(Cn2ccnc2)cc1. The van der Waals surface area contributed by atoms with E-state index in [0.717, 1.165) is 29.9 Å². The summed E-state index contributed by atoms with van der Waals surface area (Å²) in [5.74, 6) is 2.66. The molecule has 0 radical (unpaired) electrons. The first-order chi connectivity index (χ1) is 12.2. The van der Waals surface area contributed by atoms with E-state index in [1.165, 1.54) is 44.1 Å². The predicted octanol–water partition coefficient (Wildman–Crippen LogP) is 3.63. The van der Waals surface area contributed by atoms with Gasteiger partial charge in [-0.25, -0.2) is 4.98 Å². The first kappa shape index (κ1) is 15.2. The van der Waals surface area contributed by atoms with Crippen LogP contribution in [0.4, 0.5) is 0 Å². The molecule has 0 spiro atoms. The van der Waals surface area contributed by atoms with E-state index < -0.39 is 0 Å². The molecule has 1 amide bonds. The topological polar surface area (TPSA) is 46.9 Å². The van der Waals surface area contributed by atoms with Crippen LogP contribution in [0.5, 0.6) is 0 Å². The van der Waals surface area contributed by atoms with Crippen molar-refractivity contribution in [3.05, 3.63) is 54.1 Å². The van der Waals surface area contributed by atoms with Crippen LogP contribution in [0.25, 0.3) is 0 Å². The summed E-state index contributed by atoms with van der Waals surface area (Å²) in [5, 5.41) is 3.45. The Kier molecular flexibility index (Phi) is 3.47. The van der Waals surface area contributed by atoms with Gasteiger partial charge in [0, 0.05) is 30.0 Å². The maximum absolute atomic E-state index is 12.8. The summed E-state index contributed by atoms with van der Waals surface area (Å²) in [6.45, 7) is 0.789. The van der Waals surface area contributed by atoms with Crippen molar-refractivity contribution in [3.63, 3.8) is 0 Å². The maximum Gasteiger partial charge on any atom is 0.251 e. The molecule has 4 bridgehead atoms. The molecule has 6 rings (SSSR count). The van der Waals surface area contributed by atoms with E-state index in [0.29, 0.717) is 0 Å². The van der Waals surface area contributed by atoms with Gasteiger partial charge >= 0.3 is 0 Å². The number of imidazole rings is 1. The zero-order valence-corrected chi connectivity index (χ0v) is 14.5. The molecule has 130 valence electrons. The number of amides is 1. The monoisotopic (exact) mass is 335 g/mol. The number of carbonyl (C=O) groups excluding carboxylic acids is 1. The molecule has 4 fully saturated rings. The van der Waals surface area contributed by atoms with E-state index in [2.05, 4.69) is 22.4 Å². The fourth-order valence-corrected chi connectivity index (χ4v) is 5.93. The molecule has 0 aliphatic heterocycles. The number of nitrogens with one attached hydrogen (secondary N) is 1. The highest BCUT2D eigenvalue weighted by Crippen LogP contribution is 2.55. The molecule has 1 heterocycles. The summed E-state index contributed by atoms with van der Waals surface area (Å²) in [6.07, 6.45) is 13.3. The third kappa shape index (κ3) is 2.88. The van der Waals surface area contributed by atoms with Crippen LogP contribution in [0.3, 0.4) is 0 Å². The molecule has 4 aliphatic rings. The summed E-state index contributed by atoms with van der Waals surface area (Å²) >= 11 is 0. The van der Waals surface area contributed by atoms with Crippen LogP contribution in [0.1, 0.15) is 54.4 Å². The molecule has 0 unspecified atom stereocenters. The molecule has 1 aromatic carbocycles. The fraction of sp³-hybridized carbons (Fsp3) is 0.524. The molecule has 4 saturated carbocycles. The molecule has 0 atom stereocenters. The highest BCUT2D eigenvalue weighted by atomic mass is 16.1. The zero-order chi connectivity index (χ0) is 16.9. The van der Waals surface area contributed by atoms with Gasteiger partial charge in [-0.15, -0.1) is 0 Å². The van der Waals surface area contributed by atoms with Crippen molar-refractivity contribution >= 4 is 5.91 Å². The minimum atomic E-state index is 0.0846. The minimum absolute atomic E-state index is 0.0846. The summed E-state index contributed by atoms with van der Waals surface area (Å²) in [6, 6.07) is 8.02. The van der Waals surface area contributed by atoms with Crippen LogP contribution < -0.4 is 5.32 Å². The lowest BCUT2D eigenvalue weighted by Crippen LogP contribution is -2.59. The van der Waals surface area contributed by atoms with Crippen molar-refractivity contribution in [2.45, 2.75) is 50.6 Å². The van der Waals surface area contributed by atoms with Crippen LogP contribution in [0.15, 0.2) is 43.0 Å². The lowest BCUT2D eigenvalue weighted by Gasteiger charge is -2.56. The van der Waals surface area contributed by atoms with Crippen LogP contribution >= 0.6 is 0 Å². The van der Waals surface area contributed by atoms with Crippen molar-refractivity contribution < 1.29 is 4.79 Å². The van der Waals surface area contributed by atoms with E-state index in [4.69, 9.17) is 0 Å². The highest BCUT2D eigenvalue weighted by Gasteiger charge is 2.51. The van der Waals surface area contributed by atoms with E-state index in [-0.39, 0.29) is 11.4 Å². The second kappa shape index (κ2) is 5.72. The highest BCUT2D eigenvalue weighted by molar-refractivity contribution is 5.94. The number of hydrogen-bond donors (Lipinski definition) is 1. The molecule has 4 heteroatoms. The summed E-state index contributed by atoms with van der Waals surface area (Å²) in [4.78, 5) is 16.9. The van der Waals surface area contributed by atoms with Gasteiger partial charge in [-0.1, -0.05) is 12.1 Å². The zero-order valence-electron chi connectivity index (χ0n) is 14.5. The first-order valence-corrected chi connectivity index (χ1v) is 9.55. The number of rotatable bonds is 4. The average molecular weight is 335 g/mol. The second-order valence-electron chi connectivity index (χ2n) is 8.58. The van der Waals surface area contributed by atoms with Gasteiger partial charge in [0.2, 0.25) is 0 Å². The molecule has 4 nitrogen and oxygen atoms in total. The summed E-state index contributed by atoms with van der Waals surface area (Å²) in [7, 11) is 0. The van der Waals surface area contributed by atoms with Crippen molar-refractivity contribution in [3.8, 4) is 0 Å². The van der Waals surface area contributed by atoms with Gasteiger partial charge in [0.1, 0.15) is 0 Å². The Bertz CT molecular complexity index is 728. The largest absolute Gasteiger partial charge is 0.347 e. The van der Waals surface area contributed by atoms with E-state index in [9.17, 15) is 4.79 Å². The molecule has 0 saturated heterocycles. The van der Waals surface area contributed by atoms with Gasteiger partial charge in [0.05, 0.1) is 6.33 Å². The summed E-state index contributed by atoms with van der Waals surface area (Å²) in [5.41, 5.74) is 2.05. The predicted molar refractivity (Wildman–Crippen MR) is 96.1 cm³/mol. The van der Waals surface area contributed by atoms with Gasteiger partial charge in [-0.2, -0.15) is 0 Å². The Labute approximate surface area is 148 Å². The second-order valence-corrected chi connectivity index (χ2v) is 8.58. The van der Waals surface area contributed by atoms with Crippen LogP contribution in [0, 0.1) is 17.8 Å². The van der Waals surface area contributed by atoms with Gasteiger partial charge in [-0.05, 0) is 74.0 Å². The Balaban J connectivity index is 1.28. The first-order valence-electron chi connectivity index (χ1n) is 9.55. The number of nitrogens with zero attached hydrogens (tertiary/aromatic N) is 2. The van der Waals surface area contributed by atoms with Crippen molar-refractivity contribution in [1.82, 2.24) is 14.9 Å². The van der Waals surface area contributed by atoms with Crippen LogP contribution in [-0.2, 0) is 6.54 Å². The minimum Gasteiger partial charge on any atom is -0.347 e. The molecule has 4 aliphatic carbocycles.